The molecule has 1 aromatic carbocycles. The van der Waals surface area contributed by atoms with Crippen molar-refractivity contribution >= 4 is 47.2 Å². The summed E-state index contributed by atoms with van der Waals surface area (Å²) in [5, 5.41) is 4.38. The zero-order chi connectivity index (χ0) is 18.5. The number of halogens is 2. The number of nitrogens with one attached hydrogen (secondary N) is 1. The number of aryl methyl sites for hydroxylation is 1. The first kappa shape index (κ1) is 22.6. The molecule has 0 radical (unpaired) electrons. The van der Waals surface area contributed by atoms with Gasteiger partial charge in [0.25, 0.3) is 0 Å². The van der Waals surface area contributed by atoms with E-state index < -0.39 is 0 Å². The maximum atomic E-state index is 6.19. The van der Waals surface area contributed by atoms with Crippen LogP contribution in [0.3, 0.4) is 0 Å². The van der Waals surface area contributed by atoms with Crippen LogP contribution in [0.25, 0.3) is 0 Å². The first-order valence-corrected chi connectivity index (χ1v) is 9.95. The Morgan fingerprint density at radius 3 is 2.89 bits per heavy atom. The molecule has 2 atom stereocenters. The summed E-state index contributed by atoms with van der Waals surface area (Å²) in [7, 11) is 3.98. The van der Waals surface area contributed by atoms with E-state index in [4.69, 9.17) is 16.3 Å². The summed E-state index contributed by atoms with van der Waals surface area (Å²) < 4.78 is 5.48. The van der Waals surface area contributed by atoms with Gasteiger partial charge in [0.1, 0.15) is 0 Å². The quantitative estimate of drug-likeness (QED) is 0.376. The standard InChI is InChI=1S/C20H31ClN4O.HI/c1-15-4-5-18(21)10-19(15)25-8-6-16(13-25)11-23-20(22-2)24(3)12-17-7-9-26-14-17;/h4-5,10,16-17H,6-9,11-14H2,1-3H3,(H,22,23);1H. The van der Waals surface area contributed by atoms with Gasteiger partial charge in [-0.15, -0.1) is 24.0 Å². The molecule has 2 unspecified atom stereocenters. The maximum absolute atomic E-state index is 6.19. The number of hydrogen-bond donors (Lipinski definition) is 1. The minimum Gasteiger partial charge on any atom is -0.381 e. The van der Waals surface area contributed by atoms with Crippen molar-refractivity contribution in [2.45, 2.75) is 19.8 Å². The molecule has 2 aliphatic heterocycles. The Kier molecular flexibility index (Phi) is 8.95. The fraction of sp³-hybridized carbons (Fsp3) is 0.650. The highest BCUT2D eigenvalue weighted by molar-refractivity contribution is 14.0. The lowest BCUT2D eigenvalue weighted by Gasteiger charge is -2.26. The number of anilines is 1. The maximum Gasteiger partial charge on any atom is 0.193 e. The van der Waals surface area contributed by atoms with E-state index in [0.29, 0.717) is 11.8 Å². The van der Waals surface area contributed by atoms with Gasteiger partial charge in [0.15, 0.2) is 5.96 Å². The molecule has 0 amide bonds. The van der Waals surface area contributed by atoms with E-state index in [0.717, 1.165) is 56.8 Å². The summed E-state index contributed by atoms with van der Waals surface area (Å²) >= 11 is 6.19. The van der Waals surface area contributed by atoms with E-state index in [9.17, 15) is 0 Å². The van der Waals surface area contributed by atoms with Gasteiger partial charge in [-0.1, -0.05) is 17.7 Å². The van der Waals surface area contributed by atoms with Crippen LogP contribution in [0.1, 0.15) is 18.4 Å². The molecule has 7 heteroatoms. The van der Waals surface area contributed by atoms with Gasteiger partial charge < -0.3 is 19.9 Å². The van der Waals surface area contributed by atoms with E-state index >= 15 is 0 Å². The Hall–Kier alpha value is -0.730. The average molecular weight is 507 g/mol. The van der Waals surface area contributed by atoms with Gasteiger partial charge in [-0.3, -0.25) is 4.99 Å². The van der Waals surface area contributed by atoms with Gasteiger partial charge in [-0.25, -0.2) is 0 Å². The van der Waals surface area contributed by atoms with Crippen LogP contribution in [0.4, 0.5) is 5.69 Å². The van der Waals surface area contributed by atoms with Crippen molar-refractivity contribution in [3.8, 4) is 0 Å². The predicted octanol–water partition coefficient (Wildman–Crippen LogP) is 3.64. The van der Waals surface area contributed by atoms with Crippen LogP contribution in [0.15, 0.2) is 23.2 Å². The molecule has 2 heterocycles. The fourth-order valence-corrected chi connectivity index (χ4v) is 4.13. The minimum absolute atomic E-state index is 0. The Morgan fingerprint density at radius 1 is 1.37 bits per heavy atom. The second-order valence-corrected chi connectivity index (χ2v) is 8.01. The lowest BCUT2D eigenvalue weighted by atomic mass is 10.1. The molecule has 27 heavy (non-hydrogen) atoms. The third kappa shape index (κ3) is 6.12. The summed E-state index contributed by atoms with van der Waals surface area (Å²) in [4.78, 5) is 9.14. The van der Waals surface area contributed by atoms with E-state index in [2.05, 4.69) is 46.2 Å². The van der Waals surface area contributed by atoms with Gasteiger partial charge in [-0.2, -0.15) is 0 Å². The molecule has 0 bridgehead atoms. The van der Waals surface area contributed by atoms with Crippen molar-refractivity contribution in [1.29, 1.82) is 0 Å². The topological polar surface area (TPSA) is 40.1 Å². The number of benzene rings is 1. The molecular weight excluding hydrogens is 475 g/mol. The number of rotatable bonds is 5. The Bertz CT molecular complexity index is 636. The zero-order valence-electron chi connectivity index (χ0n) is 16.6. The molecule has 0 aromatic heterocycles. The normalized spacial score (nSPS) is 22.7. The van der Waals surface area contributed by atoms with Crippen molar-refractivity contribution in [3.63, 3.8) is 0 Å². The third-order valence-corrected chi connectivity index (χ3v) is 5.71. The number of hydrogen-bond acceptors (Lipinski definition) is 3. The molecular formula is C20H32ClIN4O. The van der Waals surface area contributed by atoms with Crippen LogP contribution in [0.5, 0.6) is 0 Å². The molecule has 2 aliphatic rings. The summed E-state index contributed by atoms with van der Waals surface area (Å²) in [6, 6.07) is 6.15. The molecule has 1 aromatic rings. The highest BCUT2D eigenvalue weighted by Gasteiger charge is 2.25. The molecule has 0 saturated carbocycles. The van der Waals surface area contributed by atoms with Gasteiger partial charge >= 0.3 is 0 Å². The van der Waals surface area contributed by atoms with E-state index in [1.165, 1.54) is 17.7 Å². The Balaban J connectivity index is 0.00000261. The predicted molar refractivity (Wildman–Crippen MR) is 125 cm³/mol. The average Bonchev–Trinajstić information content (AvgIpc) is 3.29. The number of nitrogens with zero attached hydrogens (tertiary/aromatic N) is 3. The molecule has 0 aliphatic carbocycles. The molecule has 2 saturated heterocycles. The highest BCUT2D eigenvalue weighted by atomic mass is 127. The second kappa shape index (κ2) is 10.7. The largest absolute Gasteiger partial charge is 0.381 e. The minimum atomic E-state index is 0. The highest BCUT2D eigenvalue weighted by Crippen LogP contribution is 2.29. The van der Waals surface area contributed by atoms with E-state index in [-0.39, 0.29) is 24.0 Å². The van der Waals surface area contributed by atoms with Gasteiger partial charge in [-0.05, 0) is 43.4 Å². The monoisotopic (exact) mass is 506 g/mol. The first-order chi connectivity index (χ1) is 12.6. The van der Waals surface area contributed by atoms with Crippen LogP contribution in [-0.4, -0.2) is 64.3 Å². The zero-order valence-corrected chi connectivity index (χ0v) is 19.7. The molecule has 0 spiro atoms. The SMILES string of the molecule is CN=C(NCC1CCN(c2cc(Cl)ccc2C)C1)N(C)CC1CCOC1.I. The number of ether oxygens (including phenoxy) is 1. The number of guanidine groups is 1. The summed E-state index contributed by atoms with van der Waals surface area (Å²) in [5.41, 5.74) is 2.56. The fourth-order valence-electron chi connectivity index (χ4n) is 3.96. The van der Waals surface area contributed by atoms with E-state index in [1.807, 2.05) is 13.1 Å². The van der Waals surface area contributed by atoms with Crippen LogP contribution in [0, 0.1) is 18.8 Å². The van der Waals surface area contributed by atoms with Gasteiger partial charge in [0, 0.05) is 63.5 Å². The van der Waals surface area contributed by atoms with Crippen molar-refractivity contribution < 1.29 is 4.74 Å². The lowest BCUT2D eigenvalue weighted by molar-refractivity contribution is 0.181. The van der Waals surface area contributed by atoms with Crippen molar-refractivity contribution in [1.82, 2.24) is 10.2 Å². The summed E-state index contributed by atoms with van der Waals surface area (Å²) in [6.07, 6.45) is 2.34. The van der Waals surface area contributed by atoms with E-state index in [1.54, 1.807) is 0 Å². The molecule has 1 N–H and O–H groups in total. The van der Waals surface area contributed by atoms with Crippen LogP contribution < -0.4 is 10.2 Å². The van der Waals surface area contributed by atoms with Gasteiger partial charge in [0.2, 0.25) is 0 Å². The first-order valence-electron chi connectivity index (χ1n) is 9.57. The van der Waals surface area contributed by atoms with Crippen LogP contribution in [0.2, 0.25) is 5.02 Å². The van der Waals surface area contributed by atoms with Crippen LogP contribution >= 0.6 is 35.6 Å². The molecule has 5 nitrogen and oxygen atoms in total. The van der Waals surface area contributed by atoms with Crippen molar-refractivity contribution in [2.24, 2.45) is 16.8 Å². The smallest absolute Gasteiger partial charge is 0.193 e. The van der Waals surface area contributed by atoms with Crippen molar-refractivity contribution in [3.05, 3.63) is 28.8 Å². The van der Waals surface area contributed by atoms with Crippen LogP contribution in [-0.2, 0) is 4.74 Å². The van der Waals surface area contributed by atoms with Crippen molar-refractivity contribution in [2.75, 3.05) is 58.4 Å². The molecule has 2 fully saturated rings. The number of aliphatic imine (C=N–C) groups is 1. The lowest BCUT2D eigenvalue weighted by Crippen LogP contribution is -2.43. The molecule has 152 valence electrons. The Labute approximate surface area is 185 Å². The molecule has 3 rings (SSSR count). The summed E-state index contributed by atoms with van der Waals surface area (Å²) in [6.45, 7) is 8.02. The van der Waals surface area contributed by atoms with Gasteiger partial charge in [0.05, 0.1) is 6.61 Å². The third-order valence-electron chi connectivity index (χ3n) is 5.48. The summed E-state index contributed by atoms with van der Waals surface area (Å²) in [5.74, 6) is 2.22. The Morgan fingerprint density at radius 2 is 2.19 bits per heavy atom. The second-order valence-electron chi connectivity index (χ2n) is 7.57.